The topological polar surface area (TPSA) is 92.0 Å². The van der Waals surface area contributed by atoms with E-state index in [9.17, 15) is 4.79 Å². The first-order chi connectivity index (χ1) is 16.6. The number of nitrogens with zero attached hydrogens (tertiary/aromatic N) is 2. The second kappa shape index (κ2) is 9.78. The Balaban J connectivity index is 1.83. The van der Waals surface area contributed by atoms with Gasteiger partial charge in [-0.2, -0.15) is 5.10 Å². The van der Waals surface area contributed by atoms with E-state index in [4.69, 9.17) is 33.2 Å². The zero-order valence-corrected chi connectivity index (χ0v) is 19.7. The van der Waals surface area contributed by atoms with E-state index in [1.54, 1.807) is 52.7 Å². The fraction of sp³-hybridized carbons (Fsp3) is 0.280. The number of hydrogen-bond donors (Lipinski definition) is 0. The average Bonchev–Trinajstić information content (AvgIpc) is 3.57. The molecule has 2 aromatic carbocycles. The van der Waals surface area contributed by atoms with Gasteiger partial charge in [-0.3, -0.25) is 4.79 Å². The zero-order valence-electron chi connectivity index (χ0n) is 19.7. The summed E-state index contributed by atoms with van der Waals surface area (Å²) < 4.78 is 32.9. The number of hydrazone groups is 1. The molecule has 3 aromatic rings. The van der Waals surface area contributed by atoms with Gasteiger partial charge in [0.05, 0.1) is 53.6 Å². The van der Waals surface area contributed by atoms with Crippen LogP contribution in [0.1, 0.15) is 34.1 Å². The van der Waals surface area contributed by atoms with Gasteiger partial charge in [-0.15, -0.1) is 0 Å². The summed E-state index contributed by atoms with van der Waals surface area (Å²) in [4.78, 5) is 13.4. The highest BCUT2D eigenvalue weighted by Gasteiger charge is 2.38. The molecule has 0 aliphatic carbocycles. The Morgan fingerprint density at radius 3 is 2.29 bits per heavy atom. The first-order valence-electron chi connectivity index (χ1n) is 10.5. The van der Waals surface area contributed by atoms with E-state index >= 15 is 0 Å². The number of furan rings is 1. The van der Waals surface area contributed by atoms with Gasteiger partial charge in [0, 0.05) is 23.6 Å². The quantitative estimate of drug-likeness (QED) is 0.488. The van der Waals surface area contributed by atoms with E-state index in [1.807, 2.05) is 18.2 Å². The molecule has 1 aromatic heterocycles. The van der Waals surface area contributed by atoms with Crippen molar-refractivity contribution in [3.8, 4) is 28.7 Å². The van der Waals surface area contributed by atoms with Crippen LogP contribution in [0.25, 0.3) is 0 Å². The molecule has 0 bridgehead atoms. The van der Waals surface area contributed by atoms with Crippen LogP contribution in [0.4, 0.5) is 0 Å². The van der Waals surface area contributed by atoms with Crippen LogP contribution >= 0.6 is 0 Å². The van der Waals surface area contributed by atoms with Gasteiger partial charge in [0.15, 0.2) is 17.3 Å². The number of carbonyl (C=O) groups is 1. The van der Waals surface area contributed by atoms with Gasteiger partial charge in [-0.05, 0) is 36.4 Å². The summed E-state index contributed by atoms with van der Waals surface area (Å²) in [6.07, 6.45) is 1.85. The highest BCUT2D eigenvalue weighted by molar-refractivity contribution is 6.06. The fourth-order valence-electron chi connectivity index (χ4n) is 4.04. The largest absolute Gasteiger partial charge is 0.497 e. The summed E-state index contributed by atoms with van der Waals surface area (Å²) in [6, 6.07) is 11.9. The van der Waals surface area contributed by atoms with Gasteiger partial charge in [0.25, 0.3) is 0 Å². The van der Waals surface area contributed by atoms with Crippen LogP contribution in [0.2, 0.25) is 0 Å². The molecule has 0 fully saturated rings. The maximum atomic E-state index is 13.4. The van der Waals surface area contributed by atoms with E-state index in [-0.39, 0.29) is 11.7 Å². The molecule has 0 saturated heterocycles. The Bertz CT molecular complexity index is 1200. The second-order valence-electron chi connectivity index (χ2n) is 7.38. The zero-order chi connectivity index (χ0) is 24.2. The summed E-state index contributed by atoms with van der Waals surface area (Å²) in [5.41, 5.74) is 2.13. The normalized spacial score (nSPS) is 15.0. The lowest BCUT2D eigenvalue weighted by atomic mass is 9.96. The molecule has 9 heteroatoms. The first-order valence-corrected chi connectivity index (χ1v) is 10.5. The van der Waals surface area contributed by atoms with Gasteiger partial charge in [-0.25, -0.2) is 5.01 Å². The van der Waals surface area contributed by atoms with Gasteiger partial charge in [0.2, 0.25) is 5.75 Å². The third kappa shape index (κ3) is 4.00. The van der Waals surface area contributed by atoms with E-state index < -0.39 is 6.04 Å². The molecular weight excluding hydrogens is 440 g/mol. The second-order valence-corrected chi connectivity index (χ2v) is 7.38. The average molecular weight is 466 g/mol. The molecule has 1 atom stereocenters. The van der Waals surface area contributed by atoms with Gasteiger partial charge >= 0.3 is 5.91 Å². The summed E-state index contributed by atoms with van der Waals surface area (Å²) in [5.74, 6) is 2.45. The fourth-order valence-corrected chi connectivity index (χ4v) is 4.04. The van der Waals surface area contributed by atoms with Crippen LogP contribution in [-0.4, -0.2) is 52.2 Å². The van der Waals surface area contributed by atoms with E-state index in [1.165, 1.54) is 18.4 Å². The summed E-state index contributed by atoms with van der Waals surface area (Å²) in [5, 5.41) is 6.11. The van der Waals surface area contributed by atoms with Crippen molar-refractivity contribution in [2.24, 2.45) is 5.10 Å². The van der Waals surface area contributed by atoms with Crippen LogP contribution in [-0.2, 0) is 0 Å². The number of ether oxygens (including phenoxy) is 5. The molecular formula is C25H26N2O7. The minimum atomic E-state index is -0.492. The number of benzene rings is 2. The summed E-state index contributed by atoms with van der Waals surface area (Å²) in [7, 11) is 7.80. The van der Waals surface area contributed by atoms with Gasteiger partial charge in [0.1, 0.15) is 11.5 Å². The van der Waals surface area contributed by atoms with Crippen molar-refractivity contribution in [3.05, 3.63) is 65.6 Å². The van der Waals surface area contributed by atoms with Crippen LogP contribution < -0.4 is 23.7 Å². The lowest BCUT2D eigenvalue weighted by Crippen LogP contribution is -2.27. The van der Waals surface area contributed by atoms with E-state index in [0.29, 0.717) is 46.4 Å². The van der Waals surface area contributed by atoms with E-state index in [0.717, 1.165) is 5.56 Å². The van der Waals surface area contributed by atoms with Crippen molar-refractivity contribution in [1.29, 1.82) is 0 Å². The molecule has 0 unspecified atom stereocenters. The van der Waals surface area contributed by atoms with Crippen molar-refractivity contribution in [1.82, 2.24) is 5.01 Å². The Hall–Kier alpha value is -4.14. The lowest BCUT2D eigenvalue weighted by Gasteiger charge is -2.24. The minimum absolute atomic E-state index is 0.177. The van der Waals surface area contributed by atoms with Crippen molar-refractivity contribution in [3.63, 3.8) is 0 Å². The smallest absolute Gasteiger partial charge is 0.310 e. The molecule has 0 radical (unpaired) electrons. The Morgan fingerprint density at radius 1 is 0.912 bits per heavy atom. The molecule has 2 heterocycles. The SMILES string of the molecule is COc1ccc(C2=NN(C(=O)c3ccco3)[C@H](c3ccc(OC)c(OC)c3OC)C2)c(OC)c1. The predicted molar refractivity (Wildman–Crippen MR) is 124 cm³/mol. The maximum Gasteiger partial charge on any atom is 0.310 e. The number of rotatable bonds is 8. The monoisotopic (exact) mass is 466 g/mol. The van der Waals surface area contributed by atoms with E-state index in [2.05, 4.69) is 0 Å². The van der Waals surface area contributed by atoms with Crippen molar-refractivity contribution in [2.75, 3.05) is 35.5 Å². The highest BCUT2D eigenvalue weighted by atomic mass is 16.5. The van der Waals surface area contributed by atoms with Crippen LogP contribution in [0.5, 0.6) is 28.7 Å². The number of amides is 1. The molecule has 0 spiro atoms. The Morgan fingerprint density at radius 2 is 1.68 bits per heavy atom. The standard InChI is InChI=1S/C25H26N2O7/c1-29-15-8-9-16(22(13-15)31-3)18-14-19(27(26-18)25(28)21-7-6-12-34-21)17-10-11-20(30-2)24(33-5)23(17)32-4/h6-13,19H,14H2,1-5H3/t19-/m0/s1. The van der Waals surface area contributed by atoms with Gasteiger partial charge < -0.3 is 28.1 Å². The predicted octanol–water partition coefficient (Wildman–Crippen LogP) is 4.31. The molecule has 1 aliphatic rings. The summed E-state index contributed by atoms with van der Waals surface area (Å²) >= 11 is 0. The van der Waals surface area contributed by atoms with Crippen molar-refractivity contribution in [2.45, 2.75) is 12.5 Å². The molecule has 4 rings (SSSR count). The minimum Gasteiger partial charge on any atom is -0.497 e. The number of hydrogen-bond acceptors (Lipinski definition) is 8. The van der Waals surface area contributed by atoms with Crippen LogP contribution in [0.15, 0.2) is 58.2 Å². The molecule has 1 amide bonds. The molecule has 0 saturated carbocycles. The Kier molecular flexibility index (Phi) is 6.62. The van der Waals surface area contributed by atoms with Crippen LogP contribution in [0.3, 0.4) is 0 Å². The molecule has 1 aliphatic heterocycles. The number of methoxy groups -OCH3 is 5. The third-order valence-electron chi connectivity index (χ3n) is 5.66. The third-order valence-corrected chi connectivity index (χ3v) is 5.66. The number of carbonyl (C=O) groups excluding carboxylic acids is 1. The highest BCUT2D eigenvalue weighted by Crippen LogP contribution is 2.46. The molecule has 34 heavy (non-hydrogen) atoms. The molecule has 178 valence electrons. The van der Waals surface area contributed by atoms with Crippen molar-refractivity contribution >= 4 is 11.6 Å². The lowest BCUT2D eigenvalue weighted by molar-refractivity contribution is 0.0676. The first kappa shape index (κ1) is 23.0. The summed E-state index contributed by atoms with van der Waals surface area (Å²) in [6.45, 7) is 0. The molecule has 9 nitrogen and oxygen atoms in total. The van der Waals surface area contributed by atoms with Gasteiger partial charge in [-0.1, -0.05) is 0 Å². The van der Waals surface area contributed by atoms with Crippen molar-refractivity contribution < 1.29 is 32.9 Å². The van der Waals surface area contributed by atoms with Crippen LogP contribution in [0, 0.1) is 0 Å². The Labute approximate surface area is 197 Å². The maximum absolute atomic E-state index is 13.4. The molecule has 0 N–H and O–H groups in total.